The zero-order chi connectivity index (χ0) is 11.6. The first-order valence-corrected chi connectivity index (χ1v) is 4.14. The lowest BCUT2D eigenvalue weighted by Gasteiger charge is -2.07. The summed E-state index contributed by atoms with van der Waals surface area (Å²) >= 11 is 5.42. The van der Waals surface area contributed by atoms with Gasteiger partial charge < -0.3 is 9.72 Å². The van der Waals surface area contributed by atoms with Crippen molar-refractivity contribution >= 4 is 17.6 Å². The Morgan fingerprint density at radius 1 is 1.60 bits per heavy atom. The predicted octanol–water partition coefficient (Wildman–Crippen LogP) is 1.75. The van der Waals surface area contributed by atoms with Gasteiger partial charge in [0.25, 0.3) is 6.43 Å². The number of alkyl halides is 2. The molecule has 0 aliphatic carbocycles. The fourth-order valence-electron chi connectivity index (χ4n) is 1.02. The van der Waals surface area contributed by atoms with Crippen molar-refractivity contribution < 1.29 is 18.3 Å². The molecule has 1 aromatic heterocycles. The molecule has 0 aliphatic rings. The summed E-state index contributed by atoms with van der Waals surface area (Å²) in [5.41, 5.74) is -2.10. The van der Waals surface area contributed by atoms with Crippen molar-refractivity contribution in [2.24, 2.45) is 0 Å². The molecule has 1 heterocycles. The molecule has 0 amide bonds. The van der Waals surface area contributed by atoms with E-state index in [1.165, 1.54) is 0 Å². The Kier molecular flexibility index (Phi) is 3.41. The van der Waals surface area contributed by atoms with Crippen LogP contribution in [0.4, 0.5) is 8.78 Å². The third-order valence-corrected chi connectivity index (χ3v) is 1.95. The zero-order valence-corrected chi connectivity index (χ0v) is 8.27. The fourth-order valence-corrected chi connectivity index (χ4v) is 1.29. The Morgan fingerprint density at radius 3 is 2.67 bits per heavy atom. The third kappa shape index (κ3) is 2.33. The van der Waals surface area contributed by atoms with Crippen LogP contribution in [-0.2, 0) is 4.74 Å². The number of methoxy groups -OCH3 is 1. The second kappa shape index (κ2) is 4.39. The van der Waals surface area contributed by atoms with Crippen LogP contribution in [0.25, 0.3) is 0 Å². The van der Waals surface area contributed by atoms with E-state index in [0.717, 1.165) is 13.2 Å². The van der Waals surface area contributed by atoms with E-state index in [4.69, 9.17) is 11.6 Å². The number of carbonyl (C=O) groups excluding carboxylic acids is 1. The smallest absolute Gasteiger partial charge is 0.355 e. The van der Waals surface area contributed by atoms with Gasteiger partial charge in [-0.15, -0.1) is 0 Å². The largest absolute Gasteiger partial charge is 0.464 e. The first-order valence-electron chi connectivity index (χ1n) is 3.76. The predicted molar refractivity (Wildman–Crippen MR) is 48.4 cm³/mol. The molecule has 7 heteroatoms. The van der Waals surface area contributed by atoms with Crippen LogP contribution >= 0.6 is 11.6 Å². The van der Waals surface area contributed by atoms with Gasteiger partial charge in [-0.05, 0) is 0 Å². The molecule has 1 rings (SSSR count). The number of carbonyl (C=O) groups is 1. The van der Waals surface area contributed by atoms with E-state index in [1.54, 1.807) is 0 Å². The van der Waals surface area contributed by atoms with Gasteiger partial charge in [-0.25, -0.2) is 13.6 Å². The number of rotatable bonds is 2. The van der Waals surface area contributed by atoms with Crippen molar-refractivity contribution in [2.45, 2.75) is 6.43 Å². The highest BCUT2D eigenvalue weighted by atomic mass is 35.5. The van der Waals surface area contributed by atoms with Gasteiger partial charge in [0, 0.05) is 6.07 Å². The Morgan fingerprint density at radius 2 is 2.20 bits per heavy atom. The van der Waals surface area contributed by atoms with Crippen LogP contribution < -0.4 is 5.56 Å². The minimum absolute atomic E-state index is 0.464. The number of H-pyrrole nitrogens is 1. The Bertz CT molecular complexity index is 444. The van der Waals surface area contributed by atoms with Gasteiger partial charge in [0.05, 0.1) is 17.7 Å². The monoisotopic (exact) mass is 237 g/mol. The minimum Gasteiger partial charge on any atom is -0.464 e. The van der Waals surface area contributed by atoms with Crippen LogP contribution in [0.5, 0.6) is 0 Å². The average Bonchev–Trinajstić information content (AvgIpc) is 2.14. The Labute approximate surface area is 87.8 Å². The Hall–Kier alpha value is -1.43. The van der Waals surface area contributed by atoms with E-state index in [0.29, 0.717) is 0 Å². The van der Waals surface area contributed by atoms with E-state index in [2.05, 4.69) is 4.74 Å². The van der Waals surface area contributed by atoms with Crippen LogP contribution in [0, 0.1) is 0 Å². The lowest BCUT2D eigenvalue weighted by atomic mass is 10.2. The van der Waals surface area contributed by atoms with Crippen LogP contribution in [-0.4, -0.2) is 18.1 Å². The first kappa shape index (κ1) is 11.6. The first-order chi connectivity index (χ1) is 6.97. The molecular formula is C8H6ClF2NO3. The number of aromatic nitrogens is 1. The highest BCUT2D eigenvalue weighted by Crippen LogP contribution is 2.28. The molecule has 0 radical (unpaired) electrons. The molecule has 1 N–H and O–H groups in total. The van der Waals surface area contributed by atoms with E-state index >= 15 is 0 Å². The summed E-state index contributed by atoms with van der Waals surface area (Å²) in [6, 6.07) is 0.773. The van der Waals surface area contributed by atoms with E-state index in [9.17, 15) is 18.4 Å². The molecule has 15 heavy (non-hydrogen) atoms. The summed E-state index contributed by atoms with van der Waals surface area (Å²) in [5, 5.41) is -0.464. The van der Waals surface area contributed by atoms with Gasteiger partial charge in [-0.3, -0.25) is 4.79 Å². The number of ether oxygens (including phenoxy) is 1. The molecule has 0 atom stereocenters. The SMILES string of the molecule is COC(=O)c1[nH]c(=O)cc(Cl)c1C(F)F. The summed E-state index contributed by atoms with van der Waals surface area (Å²) in [5.74, 6) is -1.06. The maximum Gasteiger partial charge on any atom is 0.355 e. The average molecular weight is 238 g/mol. The number of pyridine rings is 1. The van der Waals surface area contributed by atoms with Crippen LogP contribution in [0.2, 0.25) is 5.02 Å². The van der Waals surface area contributed by atoms with Gasteiger partial charge in [-0.1, -0.05) is 11.6 Å². The maximum atomic E-state index is 12.5. The number of hydrogen-bond acceptors (Lipinski definition) is 3. The Balaban J connectivity index is 3.46. The number of halogens is 3. The normalized spacial score (nSPS) is 10.5. The zero-order valence-electron chi connectivity index (χ0n) is 7.51. The van der Waals surface area contributed by atoms with Crippen LogP contribution in [0.1, 0.15) is 22.5 Å². The highest BCUT2D eigenvalue weighted by Gasteiger charge is 2.23. The van der Waals surface area contributed by atoms with Crippen molar-refractivity contribution in [1.82, 2.24) is 4.98 Å². The third-order valence-electron chi connectivity index (χ3n) is 1.64. The van der Waals surface area contributed by atoms with E-state index < -0.39 is 34.2 Å². The standard InChI is InChI=1S/C8H6ClF2NO3/c1-15-8(14)6-5(7(10)11)3(9)2-4(13)12-6/h2,7H,1H3,(H,12,13). The molecule has 82 valence electrons. The summed E-state index contributed by atoms with van der Waals surface area (Å²) in [7, 11) is 1.01. The van der Waals surface area contributed by atoms with Crippen LogP contribution in [0.3, 0.4) is 0 Å². The second-order valence-corrected chi connectivity index (χ2v) is 2.97. The summed E-state index contributed by atoms with van der Waals surface area (Å²) in [6.07, 6.45) is -2.97. The van der Waals surface area contributed by atoms with Gasteiger partial charge in [0.15, 0.2) is 0 Å². The number of nitrogens with one attached hydrogen (secondary N) is 1. The summed E-state index contributed by atoms with van der Waals surface area (Å²) in [4.78, 5) is 23.9. The van der Waals surface area contributed by atoms with Crippen LogP contribution in [0.15, 0.2) is 10.9 Å². The molecule has 0 bridgehead atoms. The fraction of sp³-hybridized carbons (Fsp3) is 0.250. The van der Waals surface area contributed by atoms with Crippen molar-refractivity contribution in [3.8, 4) is 0 Å². The maximum absolute atomic E-state index is 12.5. The molecule has 0 spiro atoms. The van der Waals surface area contributed by atoms with Gasteiger partial charge in [0.2, 0.25) is 5.56 Å². The van der Waals surface area contributed by atoms with Crippen molar-refractivity contribution in [3.63, 3.8) is 0 Å². The van der Waals surface area contributed by atoms with Crippen molar-refractivity contribution in [3.05, 3.63) is 32.7 Å². The molecule has 1 aromatic rings. The van der Waals surface area contributed by atoms with Gasteiger partial charge in [0.1, 0.15) is 5.69 Å². The van der Waals surface area contributed by atoms with Crippen molar-refractivity contribution in [2.75, 3.05) is 7.11 Å². The van der Waals surface area contributed by atoms with Gasteiger partial charge in [-0.2, -0.15) is 0 Å². The molecular weight excluding hydrogens is 232 g/mol. The molecule has 0 fully saturated rings. The second-order valence-electron chi connectivity index (χ2n) is 2.56. The number of esters is 1. The molecule has 0 saturated carbocycles. The number of aromatic amines is 1. The topological polar surface area (TPSA) is 59.2 Å². The van der Waals surface area contributed by atoms with E-state index in [1.807, 2.05) is 4.98 Å². The van der Waals surface area contributed by atoms with E-state index in [-0.39, 0.29) is 0 Å². The quantitative estimate of drug-likeness (QED) is 0.798. The molecule has 0 aliphatic heterocycles. The van der Waals surface area contributed by atoms with Gasteiger partial charge >= 0.3 is 5.97 Å². The highest BCUT2D eigenvalue weighted by molar-refractivity contribution is 6.31. The lowest BCUT2D eigenvalue weighted by molar-refractivity contribution is 0.0581. The van der Waals surface area contributed by atoms with Crippen molar-refractivity contribution in [1.29, 1.82) is 0 Å². The lowest BCUT2D eigenvalue weighted by Crippen LogP contribution is -2.17. The summed E-state index contributed by atoms with van der Waals surface area (Å²) in [6.45, 7) is 0. The minimum atomic E-state index is -2.97. The molecule has 0 unspecified atom stereocenters. The molecule has 0 aromatic carbocycles. The molecule has 0 saturated heterocycles. The molecule has 4 nitrogen and oxygen atoms in total. The summed E-state index contributed by atoms with van der Waals surface area (Å²) < 4.78 is 29.2. The number of hydrogen-bond donors (Lipinski definition) is 1.